The van der Waals surface area contributed by atoms with Crippen molar-refractivity contribution in [2.45, 2.75) is 45.6 Å². The van der Waals surface area contributed by atoms with Crippen molar-refractivity contribution in [3.8, 4) is 23.0 Å². The number of aromatic nitrogens is 3. The first-order valence-corrected chi connectivity index (χ1v) is 15.5. The summed E-state index contributed by atoms with van der Waals surface area (Å²) < 4.78 is 6.13. The Morgan fingerprint density at radius 2 is 1.67 bits per heavy atom. The van der Waals surface area contributed by atoms with Crippen LogP contribution in [-0.4, -0.2) is 81.6 Å². The molecule has 4 heterocycles. The van der Waals surface area contributed by atoms with Crippen molar-refractivity contribution in [1.82, 2.24) is 24.8 Å². The number of carboxylic acids is 1. The van der Waals surface area contributed by atoms with Crippen LogP contribution in [0.1, 0.15) is 44.6 Å². The van der Waals surface area contributed by atoms with Crippen LogP contribution in [0.15, 0.2) is 42.7 Å². The quantitative estimate of drug-likeness (QED) is 0.270. The molecule has 0 radical (unpaired) electrons. The number of hydrogen-bond acceptors (Lipinski definition) is 8. The Morgan fingerprint density at radius 3 is 2.31 bits per heavy atom. The number of likely N-dealkylation sites (tertiary alicyclic amines) is 1. The summed E-state index contributed by atoms with van der Waals surface area (Å²) in [5, 5.41) is 10.2. The first-order chi connectivity index (χ1) is 20.3. The van der Waals surface area contributed by atoms with Crippen LogP contribution in [0.5, 0.6) is 11.8 Å². The second kappa shape index (κ2) is 14.5. The van der Waals surface area contributed by atoms with E-state index in [9.17, 15) is 4.79 Å². The number of hydrogen-bond donors (Lipinski definition) is 1. The molecule has 0 unspecified atom stereocenters. The molecule has 42 heavy (non-hydrogen) atoms. The molecule has 2 saturated heterocycles. The molecule has 5 rings (SSSR count). The molecule has 11 heteroatoms. The summed E-state index contributed by atoms with van der Waals surface area (Å²) in [7, 11) is 0. The molecule has 0 aliphatic carbocycles. The Morgan fingerprint density at radius 1 is 0.929 bits per heavy atom. The van der Waals surface area contributed by atoms with Crippen LogP contribution in [0.3, 0.4) is 0 Å². The second-order valence-electron chi connectivity index (χ2n) is 11.2. The zero-order chi connectivity index (χ0) is 29.5. The Kier molecular flexibility index (Phi) is 10.5. The van der Waals surface area contributed by atoms with Gasteiger partial charge in [-0.05, 0) is 74.6 Å². The lowest BCUT2D eigenvalue weighted by molar-refractivity contribution is -0.138. The minimum Gasteiger partial charge on any atom is -0.481 e. The Hall–Kier alpha value is -2.98. The van der Waals surface area contributed by atoms with Crippen LogP contribution in [-0.2, 0) is 11.3 Å². The highest BCUT2D eigenvalue weighted by atomic mass is 35.5. The first-order valence-electron chi connectivity index (χ1n) is 14.7. The van der Waals surface area contributed by atoms with E-state index < -0.39 is 5.97 Å². The predicted molar refractivity (Wildman–Crippen MR) is 166 cm³/mol. The van der Waals surface area contributed by atoms with Gasteiger partial charge < -0.3 is 14.7 Å². The smallest absolute Gasteiger partial charge is 0.303 e. The Bertz CT molecular complexity index is 1320. The lowest BCUT2D eigenvalue weighted by atomic mass is 9.93. The standard InChI is InChI=1S/C31H38Cl2N6O3/c1-2-3-6-37-9-11-39(12-10-37)28-19-35-30(20-34-28)42-29-14-23(21-38-7-4-22(5-8-38)15-31(40)41)13-27(36-29)24-16-25(32)18-26(33)17-24/h13-14,16-20,22H,2-12,15,21H2,1H3,(H,40,41). The van der Waals surface area contributed by atoms with E-state index in [-0.39, 0.29) is 12.3 Å². The summed E-state index contributed by atoms with van der Waals surface area (Å²) in [4.78, 5) is 32.2. The van der Waals surface area contributed by atoms with Crippen LogP contribution in [0, 0.1) is 5.92 Å². The van der Waals surface area contributed by atoms with Gasteiger partial charge >= 0.3 is 5.97 Å². The molecular weight excluding hydrogens is 575 g/mol. The molecule has 9 nitrogen and oxygen atoms in total. The molecule has 2 aromatic heterocycles. The zero-order valence-corrected chi connectivity index (χ0v) is 25.5. The summed E-state index contributed by atoms with van der Waals surface area (Å²) in [6.45, 7) is 9.68. The number of halogens is 2. The molecular formula is C31H38Cl2N6O3. The summed E-state index contributed by atoms with van der Waals surface area (Å²) in [6, 6.07) is 9.29. The highest BCUT2D eigenvalue weighted by Gasteiger charge is 2.22. The van der Waals surface area contributed by atoms with Gasteiger partial charge in [0.05, 0.1) is 18.1 Å². The average Bonchev–Trinajstić information content (AvgIpc) is 2.97. The van der Waals surface area contributed by atoms with E-state index in [4.69, 9.17) is 38.0 Å². The van der Waals surface area contributed by atoms with Crippen molar-refractivity contribution in [2.24, 2.45) is 5.92 Å². The molecule has 0 amide bonds. The number of pyridine rings is 1. The third-order valence-corrected chi connectivity index (χ3v) is 8.38. The van der Waals surface area contributed by atoms with Gasteiger partial charge in [-0.2, -0.15) is 0 Å². The molecule has 0 bridgehead atoms. The first kappa shape index (κ1) is 30.5. The fourth-order valence-electron chi connectivity index (χ4n) is 5.62. The number of carboxylic acid groups (broad SMARTS) is 1. The second-order valence-corrected chi connectivity index (χ2v) is 12.0. The van der Waals surface area contributed by atoms with Crippen molar-refractivity contribution < 1.29 is 14.6 Å². The molecule has 2 fully saturated rings. The van der Waals surface area contributed by atoms with Crippen molar-refractivity contribution in [3.63, 3.8) is 0 Å². The molecule has 0 atom stereocenters. The predicted octanol–water partition coefficient (Wildman–Crippen LogP) is 6.25. The third kappa shape index (κ3) is 8.53. The van der Waals surface area contributed by atoms with Crippen LogP contribution in [0.4, 0.5) is 5.82 Å². The fourth-order valence-corrected chi connectivity index (χ4v) is 6.15. The Labute approximate surface area is 257 Å². The number of nitrogens with zero attached hydrogens (tertiary/aromatic N) is 6. The number of rotatable bonds is 11. The lowest BCUT2D eigenvalue weighted by Crippen LogP contribution is -2.46. The van der Waals surface area contributed by atoms with Gasteiger partial charge in [-0.25, -0.2) is 15.0 Å². The van der Waals surface area contributed by atoms with Crippen LogP contribution >= 0.6 is 23.2 Å². The molecule has 0 saturated carbocycles. The van der Waals surface area contributed by atoms with Crippen LogP contribution in [0.25, 0.3) is 11.3 Å². The number of aliphatic carboxylic acids is 1. The van der Waals surface area contributed by atoms with Gasteiger partial charge in [-0.3, -0.25) is 14.6 Å². The van der Waals surface area contributed by atoms with Crippen LogP contribution in [0.2, 0.25) is 10.0 Å². The van der Waals surface area contributed by atoms with Gasteiger partial charge in [0.25, 0.3) is 0 Å². The van der Waals surface area contributed by atoms with Gasteiger partial charge in [0, 0.05) is 60.8 Å². The third-order valence-electron chi connectivity index (χ3n) is 7.94. The summed E-state index contributed by atoms with van der Waals surface area (Å²) in [5.41, 5.74) is 2.50. The minimum atomic E-state index is -0.727. The monoisotopic (exact) mass is 612 g/mol. The fraction of sp³-hybridized carbons (Fsp3) is 0.484. The van der Waals surface area contributed by atoms with E-state index in [0.717, 1.165) is 75.6 Å². The summed E-state index contributed by atoms with van der Waals surface area (Å²) in [6.07, 6.45) is 7.83. The maximum atomic E-state index is 11.1. The highest BCUT2D eigenvalue weighted by Crippen LogP contribution is 2.31. The largest absolute Gasteiger partial charge is 0.481 e. The van der Waals surface area contributed by atoms with E-state index in [1.54, 1.807) is 18.5 Å². The summed E-state index contributed by atoms with van der Waals surface area (Å²) >= 11 is 12.6. The molecule has 2 aliphatic heterocycles. The van der Waals surface area contributed by atoms with E-state index >= 15 is 0 Å². The van der Waals surface area contributed by atoms with Gasteiger partial charge in [0.2, 0.25) is 11.8 Å². The normalized spacial score (nSPS) is 17.0. The SMILES string of the molecule is CCCCN1CCN(c2cnc(Oc3cc(CN4CCC(CC(=O)O)CC4)cc(-c4cc(Cl)cc(Cl)c4)n3)cn2)CC1. The number of ether oxygens (including phenoxy) is 1. The highest BCUT2D eigenvalue weighted by molar-refractivity contribution is 6.35. The maximum absolute atomic E-state index is 11.1. The van der Waals surface area contributed by atoms with Crippen molar-refractivity contribution in [1.29, 1.82) is 0 Å². The van der Waals surface area contributed by atoms with Gasteiger partial charge in [0.1, 0.15) is 5.82 Å². The van der Waals surface area contributed by atoms with E-state index in [1.807, 2.05) is 24.3 Å². The average molecular weight is 614 g/mol. The van der Waals surface area contributed by atoms with Crippen LogP contribution < -0.4 is 9.64 Å². The van der Waals surface area contributed by atoms with E-state index in [0.29, 0.717) is 34.0 Å². The topological polar surface area (TPSA) is 94.9 Å². The molecule has 2 aliphatic rings. The number of anilines is 1. The molecule has 1 aromatic carbocycles. The molecule has 1 N–H and O–H groups in total. The number of carbonyl (C=O) groups is 1. The lowest BCUT2D eigenvalue weighted by Gasteiger charge is -2.35. The number of benzene rings is 1. The Balaban J connectivity index is 1.30. The molecule has 0 spiro atoms. The number of piperidine rings is 1. The molecule has 3 aromatic rings. The van der Waals surface area contributed by atoms with Gasteiger partial charge in [0.15, 0.2) is 0 Å². The zero-order valence-electron chi connectivity index (χ0n) is 24.0. The van der Waals surface area contributed by atoms with E-state index in [2.05, 4.69) is 31.6 Å². The van der Waals surface area contributed by atoms with Gasteiger partial charge in [-0.1, -0.05) is 36.5 Å². The number of piperazine rings is 1. The van der Waals surface area contributed by atoms with Crippen molar-refractivity contribution >= 4 is 35.0 Å². The van der Waals surface area contributed by atoms with E-state index in [1.165, 1.54) is 12.8 Å². The summed E-state index contributed by atoms with van der Waals surface area (Å²) in [5.74, 6) is 1.13. The maximum Gasteiger partial charge on any atom is 0.303 e. The van der Waals surface area contributed by atoms with Crippen molar-refractivity contribution in [3.05, 3.63) is 58.3 Å². The number of unbranched alkanes of at least 4 members (excludes halogenated alkanes) is 1. The molecule has 224 valence electrons. The van der Waals surface area contributed by atoms with Crippen molar-refractivity contribution in [2.75, 3.05) is 50.7 Å². The minimum absolute atomic E-state index is 0.228. The van der Waals surface area contributed by atoms with Gasteiger partial charge in [-0.15, -0.1) is 0 Å².